The normalized spacial score (nSPS) is 18.5. The van der Waals surface area contributed by atoms with Gasteiger partial charge in [-0.15, -0.1) is 0 Å². The lowest BCUT2D eigenvalue weighted by atomic mass is 10.1. The van der Waals surface area contributed by atoms with Gasteiger partial charge in [0.15, 0.2) is 5.17 Å². The molecule has 2 aromatic rings. The van der Waals surface area contributed by atoms with Crippen molar-refractivity contribution < 1.29 is 9.59 Å². The number of hydrogen-bond donors (Lipinski definition) is 1. The van der Waals surface area contributed by atoms with Crippen molar-refractivity contribution in [3.63, 3.8) is 0 Å². The van der Waals surface area contributed by atoms with Gasteiger partial charge in [-0.1, -0.05) is 68.1 Å². The molecule has 2 heterocycles. The number of thioether (sulfide) groups is 1. The summed E-state index contributed by atoms with van der Waals surface area (Å²) in [5, 5.41) is 3.05. The van der Waals surface area contributed by atoms with E-state index < -0.39 is 11.3 Å². The van der Waals surface area contributed by atoms with Crippen molar-refractivity contribution in [1.29, 1.82) is 0 Å². The molecule has 2 aliphatic rings. The fraction of sp³-hybridized carbons (Fsp3) is 0.304. The van der Waals surface area contributed by atoms with Crippen LogP contribution in [0.4, 0.5) is 5.69 Å². The number of para-hydroxylation sites is 1. The van der Waals surface area contributed by atoms with E-state index in [2.05, 4.69) is 5.32 Å². The van der Waals surface area contributed by atoms with Gasteiger partial charge < -0.3 is 5.32 Å². The standard InChI is InChI=1S/C23H24N4O2S/c1-14(2)19-22(29)27-20(26-19)17-11-7-8-12-18(17)25-23(27)30-15(3)21(28)24-13-16-9-5-4-6-10-16/h4-12,14-15,19H,13H2,1-3H3,(H,24,28). The van der Waals surface area contributed by atoms with Gasteiger partial charge in [0.1, 0.15) is 11.9 Å². The van der Waals surface area contributed by atoms with Gasteiger partial charge in [-0.2, -0.15) is 0 Å². The van der Waals surface area contributed by atoms with Gasteiger partial charge in [0, 0.05) is 12.1 Å². The molecule has 4 rings (SSSR count). The van der Waals surface area contributed by atoms with Crippen LogP contribution in [0.5, 0.6) is 0 Å². The summed E-state index contributed by atoms with van der Waals surface area (Å²) in [7, 11) is 0. The number of nitrogens with one attached hydrogen (secondary N) is 1. The van der Waals surface area contributed by atoms with Gasteiger partial charge >= 0.3 is 0 Å². The average molecular weight is 421 g/mol. The fourth-order valence-electron chi connectivity index (χ4n) is 3.42. The van der Waals surface area contributed by atoms with Crippen molar-refractivity contribution in [2.45, 2.75) is 38.6 Å². The number of nitrogens with zero attached hydrogens (tertiary/aromatic N) is 3. The Balaban J connectivity index is 1.54. The Bertz CT molecular complexity index is 1030. The van der Waals surface area contributed by atoms with Crippen molar-refractivity contribution in [3.8, 4) is 0 Å². The second-order valence-corrected chi connectivity index (χ2v) is 9.00. The highest BCUT2D eigenvalue weighted by atomic mass is 32.2. The zero-order valence-electron chi connectivity index (χ0n) is 17.2. The number of fused-ring (bicyclic) bond motifs is 3. The summed E-state index contributed by atoms with van der Waals surface area (Å²) in [5.74, 6) is 0.526. The average Bonchev–Trinajstić information content (AvgIpc) is 3.11. The number of benzene rings is 2. The van der Waals surface area contributed by atoms with Crippen LogP contribution in [0.3, 0.4) is 0 Å². The topological polar surface area (TPSA) is 74.1 Å². The van der Waals surface area contributed by atoms with Gasteiger partial charge in [0.05, 0.1) is 10.9 Å². The third kappa shape index (κ3) is 3.89. The van der Waals surface area contributed by atoms with Crippen molar-refractivity contribution in [2.24, 2.45) is 15.9 Å². The molecule has 0 saturated heterocycles. The van der Waals surface area contributed by atoms with Crippen LogP contribution >= 0.6 is 11.8 Å². The molecule has 0 saturated carbocycles. The molecule has 6 nitrogen and oxygen atoms in total. The molecule has 7 heteroatoms. The Kier molecular flexibility index (Phi) is 5.72. The summed E-state index contributed by atoms with van der Waals surface area (Å²) in [4.78, 5) is 36.7. The number of hydrogen-bond acceptors (Lipinski definition) is 5. The molecule has 154 valence electrons. The van der Waals surface area contributed by atoms with Crippen LogP contribution in [0.1, 0.15) is 31.9 Å². The highest BCUT2D eigenvalue weighted by Gasteiger charge is 2.43. The molecule has 30 heavy (non-hydrogen) atoms. The van der Waals surface area contributed by atoms with Crippen LogP contribution in [0.2, 0.25) is 0 Å². The van der Waals surface area contributed by atoms with Crippen LogP contribution in [0.15, 0.2) is 64.6 Å². The second-order valence-electron chi connectivity index (χ2n) is 7.69. The highest BCUT2D eigenvalue weighted by Crippen LogP contribution is 2.35. The van der Waals surface area contributed by atoms with Crippen LogP contribution < -0.4 is 5.32 Å². The van der Waals surface area contributed by atoms with Gasteiger partial charge in [-0.25, -0.2) is 9.89 Å². The molecule has 2 amide bonds. The molecule has 0 spiro atoms. The minimum Gasteiger partial charge on any atom is -0.351 e. The summed E-state index contributed by atoms with van der Waals surface area (Å²) >= 11 is 1.28. The maximum atomic E-state index is 13.1. The van der Waals surface area contributed by atoms with E-state index in [-0.39, 0.29) is 17.7 Å². The summed E-state index contributed by atoms with van der Waals surface area (Å²) in [6, 6.07) is 17.0. The largest absolute Gasteiger partial charge is 0.351 e. The van der Waals surface area contributed by atoms with E-state index in [0.717, 1.165) is 16.8 Å². The molecular weight excluding hydrogens is 396 g/mol. The van der Waals surface area contributed by atoms with E-state index >= 15 is 0 Å². The molecule has 0 bridgehead atoms. The number of carbonyl (C=O) groups excluding carboxylic acids is 2. The molecule has 0 fully saturated rings. The second kappa shape index (κ2) is 8.44. The summed E-state index contributed by atoms with van der Waals surface area (Å²) in [6.07, 6.45) is 0. The number of rotatable bonds is 5. The number of amides is 2. The summed E-state index contributed by atoms with van der Waals surface area (Å²) < 4.78 is 0. The van der Waals surface area contributed by atoms with E-state index in [1.807, 2.05) is 75.4 Å². The number of amidine groups is 2. The Hall–Kier alpha value is -2.93. The Morgan fingerprint density at radius 3 is 2.53 bits per heavy atom. The third-order valence-electron chi connectivity index (χ3n) is 5.09. The van der Waals surface area contributed by atoms with Crippen LogP contribution in [-0.2, 0) is 16.1 Å². The van der Waals surface area contributed by atoms with Gasteiger partial charge in [-0.05, 0) is 30.5 Å². The van der Waals surface area contributed by atoms with Crippen LogP contribution in [0.25, 0.3) is 0 Å². The lowest BCUT2D eigenvalue weighted by Crippen LogP contribution is -2.43. The van der Waals surface area contributed by atoms with Gasteiger partial charge in [-0.3, -0.25) is 14.6 Å². The molecule has 2 atom stereocenters. The smallest absolute Gasteiger partial charge is 0.259 e. The molecule has 0 radical (unpaired) electrons. The molecular formula is C23H24N4O2S. The summed E-state index contributed by atoms with van der Waals surface area (Å²) in [5.41, 5.74) is 2.65. The minimum atomic E-state index is -0.431. The number of aliphatic imine (C=N–C) groups is 2. The maximum absolute atomic E-state index is 13.1. The summed E-state index contributed by atoms with van der Waals surface area (Å²) in [6.45, 7) is 6.26. The lowest BCUT2D eigenvalue weighted by Gasteiger charge is -2.27. The van der Waals surface area contributed by atoms with E-state index in [9.17, 15) is 9.59 Å². The molecule has 2 aromatic carbocycles. The molecule has 0 aromatic heterocycles. The van der Waals surface area contributed by atoms with Crippen molar-refractivity contribution in [3.05, 3.63) is 65.7 Å². The maximum Gasteiger partial charge on any atom is 0.259 e. The Morgan fingerprint density at radius 2 is 1.80 bits per heavy atom. The highest BCUT2D eigenvalue weighted by molar-refractivity contribution is 8.15. The third-order valence-corrected chi connectivity index (χ3v) is 6.14. The Labute approximate surface area is 180 Å². The predicted molar refractivity (Wildman–Crippen MR) is 121 cm³/mol. The van der Waals surface area contributed by atoms with E-state index in [1.54, 1.807) is 4.90 Å². The first-order valence-electron chi connectivity index (χ1n) is 10.0. The van der Waals surface area contributed by atoms with Crippen LogP contribution in [-0.4, -0.2) is 39.0 Å². The fourth-order valence-corrected chi connectivity index (χ4v) is 4.36. The SMILES string of the molecule is CC(SC1=Nc2ccccc2C2=NC(C(C)C)C(=O)N12)C(=O)NCc1ccccc1. The monoisotopic (exact) mass is 420 g/mol. The van der Waals surface area contributed by atoms with Crippen molar-refractivity contribution in [1.82, 2.24) is 10.2 Å². The quantitative estimate of drug-likeness (QED) is 0.801. The molecule has 0 aliphatic carbocycles. The zero-order chi connectivity index (χ0) is 21.3. The predicted octanol–water partition coefficient (Wildman–Crippen LogP) is 3.74. The zero-order valence-corrected chi connectivity index (χ0v) is 18.0. The van der Waals surface area contributed by atoms with E-state index in [4.69, 9.17) is 9.98 Å². The molecule has 1 N–H and O–H groups in total. The Morgan fingerprint density at radius 1 is 1.10 bits per heavy atom. The van der Waals surface area contributed by atoms with E-state index in [1.165, 1.54) is 11.8 Å². The first-order valence-corrected chi connectivity index (χ1v) is 10.9. The minimum absolute atomic E-state index is 0.0839. The molecule has 2 unspecified atom stereocenters. The van der Waals surface area contributed by atoms with Crippen LogP contribution in [0, 0.1) is 5.92 Å². The number of carbonyl (C=O) groups is 2. The first kappa shape index (κ1) is 20.3. The first-order chi connectivity index (χ1) is 14.5. The van der Waals surface area contributed by atoms with Crippen molar-refractivity contribution in [2.75, 3.05) is 0 Å². The van der Waals surface area contributed by atoms with E-state index in [0.29, 0.717) is 17.5 Å². The lowest BCUT2D eigenvalue weighted by molar-refractivity contribution is -0.125. The molecule has 2 aliphatic heterocycles. The van der Waals surface area contributed by atoms with Crippen molar-refractivity contribution >= 4 is 40.3 Å². The van der Waals surface area contributed by atoms with Gasteiger partial charge in [0.2, 0.25) is 5.91 Å². The van der Waals surface area contributed by atoms with Gasteiger partial charge in [0.25, 0.3) is 5.91 Å².